The molecule has 106 valence electrons. The number of aryl methyl sites for hydroxylation is 2. The van der Waals surface area contributed by atoms with Crippen LogP contribution >= 0.6 is 0 Å². The highest BCUT2D eigenvalue weighted by Gasteiger charge is 2.22. The summed E-state index contributed by atoms with van der Waals surface area (Å²) in [6, 6.07) is 11.2. The average molecular weight is 270 g/mol. The van der Waals surface area contributed by atoms with Crippen LogP contribution in [0.1, 0.15) is 24.2 Å². The van der Waals surface area contributed by atoms with Crippen molar-refractivity contribution in [2.24, 2.45) is 0 Å². The smallest absolute Gasteiger partial charge is 0.138 e. The van der Waals surface area contributed by atoms with Gasteiger partial charge >= 0.3 is 0 Å². The topological polar surface area (TPSA) is 34.0 Å². The molecule has 20 heavy (non-hydrogen) atoms. The van der Waals surface area contributed by atoms with Gasteiger partial charge in [0.15, 0.2) is 0 Å². The minimum atomic E-state index is 0.634. The van der Waals surface area contributed by atoms with Gasteiger partial charge in [-0.25, -0.2) is 9.67 Å². The van der Waals surface area contributed by atoms with Crippen molar-refractivity contribution in [3.8, 4) is 0 Å². The van der Waals surface area contributed by atoms with Crippen molar-refractivity contribution in [1.29, 1.82) is 0 Å². The maximum atomic E-state index is 4.45. The molecule has 1 aliphatic heterocycles. The molecule has 0 bridgehead atoms. The molecule has 1 atom stereocenters. The largest absolute Gasteiger partial charge is 0.303 e. The van der Waals surface area contributed by atoms with Crippen LogP contribution in [-0.2, 0) is 19.4 Å². The Kier molecular flexibility index (Phi) is 4.11. The van der Waals surface area contributed by atoms with Gasteiger partial charge in [0.1, 0.15) is 12.2 Å². The minimum absolute atomic E-state index is 0.634. The molecule has 2 aromatic rings. The van der Waals surface area contributed by atoms with Gasteiger partial charge in [0.25, 0.3) is 0 Å². The fourth-order valence-electron chi connectivity index (χ4n) is 2.96. The highest BCUT2D eigenvalue weighted by molar-refractivity contribution is 5.14. The number of hydrogen-bond acceptors (Lipinski definition) is 3. The van der Waals surface area contributed by atoms with Crippen molar-refractivity contribution in [2.75, 3.05) is 13.6 Å². The fraction of sp³-hybridized carbons (Fsp3) is 0.500. The Morgan fingerprint density at radius 2 is 2.10 bits per heavy atom. The van der Waals surface area contributed by atoms with Gasteiger partial charge in [-0.05, 0) is 38.4 Å². The predicted octanol–water partition coefficient (Wildman–Crippen LogP) is 2.16. The number of aromatic nitrogens is 3. The summed E-state index contributed by atoms with van der Waals surface area (Å²) < 4.78 is 2.07. The third kappa shape index (κ3) is 3.07. The van der Waals surface area contributed by atoms with Crippen LogP contribution in [-0.4, -0.2) is 39.3 Å². The molecule has 1 aromatic carbocycles. The number of benzene rings is 1. The Bertz CT molecular complexity index is 534. The van der Waals surface area contributed by atoms with Gasteiger partial charge < -0.3 is 4.90 Å². The zero-order valence-electron chi connectivity index (χ0n) is 12.1. The Balaban J connectivity index is 1.61. The molecule has 0 N–H and O–H groups in total. The van der Waals surface area contributed by atoms with E-state index < -0.39 is 0 Å². The van der Waals surface area contributed by atoms with E-state index in [1.54, 1.807) is 6.33 Å². The van der Waals surface area contributed by atoms with Crippen molar-refractivity contribution in [3.05, 3.63) is 48.0 Å². The SMILES string of the molecule is CN1CCC[C@@H]1Cc1ncnn1CCc1ccccc1. The summed E-state index contributed by atoms with van der Waals surface area (Å²) in [5.74, 6) is 1.12. The molecule has 0 amide bonds. The van der Waals surface area contributed by atoms with E-state index in [0.29, 0.717) is 6.04 Å². The van der Waals surface area contributed by atoms with E-state index in [0.717, 1.165) is 25.2 Å². The van der Waals surface area contributed by atoms with Crippen molar-refractivity contribution in [1.82, 2.24) is 19.7 Å². The molecule has 0 radical (unpaired) electrons. The van der Waals surface area contributed by atoms with E-state index in [1.165, 1.54) is 24.9 Å². The Morgan fingerprint density at radius 1 is 1.25 bits per heavy atom. The standard InChI is InChI=1S/C16H22N4/c1-19-10-5-8-15(19)12-16-17-13-18-20(16)11-9-14-6-3-2-4-7-14/h2-4,6-7,13,15H,5,8-12H2,1H3/t15-/m1/s1. The van der Waals surface area contributed by atoms with Crippen LogP contribution in [0.5, 0.6) is 0 Å². The highest BCUT2D eigenvalue weighted by Crippen LogP contribution is 2.18. The summed E-state index contributed by atoms with van der Waals surface area (Å²) in [5.41, 5.74) is 1.35. The maximum absolute atomic E-state index is 4.45. The van der Waals surface area contributed by atoms with Gasteiger partial charge in [0.05, 0.1) is 0 Å². The molecular formula is C16H22N4. The molecule has 1 aromatic heterocycles. The summed E-state index contributed by atoms with van der Waals surface area (Å²) in [7, 11) is 2.21. The maximum Gasteiger partial charge on any atom is 0.138 e. The van der Waals surface area contributed by atoms with Gasteiger partial charge in [-0.2, -0.15) is 5.10 Å². The summed E-state index contributed by atoms with van der Waals surface area (Å²) in [6.45, 7) is 2.12. The van der Waals surface area contributed by atoms with E-state index >= 15 is 0 Å². The molecule has 3 rings (SSSR count). The second kappa shape index (κ2) is 6.18. The van der Waals surface area contributed by atoms with Gasteiger partial charge in [-0.15, -0.1) is 0 Å². The Hall–Kier alpha value is -1.68. The van der Waals surface area contributed by atoms with Crippen molar-refractivity contribution in [2.45, 2.75) is 38.3 Å². The molecule has 0 aliphatic carbocycles. The van der Waals surface area contributed by atoms with E-state index in [4.69, 9.17) is 0 Å². The average Bonchev–Trinajstić information content (AvgIpc) is 3.08. The van der Waals surface area contributed by atoms with Gasteiger partial charge in [-0.1, -0.05) is 30.3 Å². The molecule has 1 aliphatic rings. The van der Waals surface area contributed by atoms with Crippen LogP contribution in [0.25, 0.3) is 0 Å². The normalized spacial score (nSPS) is 19.6. The molecule has 0 unspecified atom stereocenters. The molecule has 1 fully saturated rings. The summed E-state index contributed by atoms with van der Waals surface area (Å²) in [6.07, 6.45) is 6.31. The molecule has 0 saturated carbocycles. The van der Waals surface area contributed by atoms with Gasteiger partial charge in [0.2, 0.25) is 0 Å². The first-order valence-corrected chi connectivity index (χ1v) is 7.44. The first kappa shape index (κ1) is 13.3. The fourth-order valence-corrected chi connectivity index (χ4v) is 2.96. The summed E-state index contributed by atoms with van der Waals surface area (Å²) in [5, 5.41) is 4.39. The second-order valence-electron chi connectivity index (χ2n) is 5.62. The summed E-state index contributed by atoms with van der Waals surface area (Å²) in [4.78, 5) is 6.89. The lowest BCUT2D eigenvalue weighted by atomic mass is 10.1. The second-order valence-corrected chi connectivity index (χ2v) is 5.62. The first-order chi connectivity index (χ1) is 9.83. The lowest BCUT2D eigenvalue weighted by Gasteiger charge is -2.19. The molecule has 2 heterocycles. The number of likely N-dealkylation sites (N-methyl/N-ethyl adjacent to an activating group) is 1. The van der Waals surface area contributed by atoms with E-state index in [2.05, 4.69) is 57.0 Å². The number of hydrogen-bond donors (Lipinski definition) is 0. The third-order valence-corrected chi connectivity index (χ3v) is 4.24. The number of likely N-dealkylation sites (tertiary alicyclic amines) is 1. The van der Waals surface area contributed by atoms with E-state index in [-0.39, 0.29) is 0 Å². The first-order valence-electron chi connectivity index (χ1n) is 7.44. The van der Waals surface area contributed by atoms with Crippen molar-refractivity contribution < 1.29 is 0 Å². The van der Waals surface area contributed by atoms with Crippen LogP contribution in [0.3, 0.4) is 0 Å². The zero-order chi connectivity index (χ0) is 13.8. The van der Waals surface area contributed by atoms with Crippen LogP contribution in [0, 0.1) is 0 Å². The highest BCUT2D eigenvalue weighted by atomic mass is 15.3. The van der Waals surface area contributed by atoms with Crippen molar-refractivity contribution >= 4 is 0 Å². The number of nitrogens with zero attached hydrogens (tertiary/aromatic N) is 4. The predicted molar refractivity (Wildman–Crippen MR) is 79.5 cm³/mol. The van der Waals surface area contributed by atoms with Crippen LogP contribution in [0.2, 0.25) is 0 Å². The van der Waals surface area contributed by atoms with Crippen LogP contribution < -0.4 is 0 Å². The van der Waals surface area contributed by atoms with Crippen molar-refractivity contribution in [3.63, 3.8) is 0 Å². The van der Waals surface area contributed by atoms with Gasteiger partial charge in [-0.3, -0.25) is 0 Å². The van der Waals surface area contributed by atoms with E-state index in [1.807, 2.05) is 0 Å². The molecule has 1 saturated heterocycles. The van der Waals surface area contributed by atoms with E-state index in [9.17, 15) is 0 Å². The summed E-state index contributed by atoms with van der Waals surface area (Å²) >= 11 is 0. The lowest BCUT2D eigenvalue weighted by Crippen LogP contribution is -2.28. The van der Waals surface area contributed by atoms with Gasteiger partial charge in [0, 0.05) is 19.0 Å². The zero-order valence-corrected chi connectivity index (χ0v) is 12.1. The molecule has 4 nitrogen and oxygen atoms in total. The van der Waals surface area contributed by atoms with Crippen LogP contribution in [0.4, 0.5) is 0 Å². The number of rotatable bonds is 5. The Morgan fingerprint density at radius 3 is 2.85 bits per heavy atom. The lowest BCUT2D eigenvalue weighted by molar-refractivity contribution is 0.302. The monoisotopic (exact) mass is 270 g/mol. The molecule has 0 spiro atoms. The molecule has 4 heteroatoms. The Labute approximate surface area is 120 Å². The molecular weight excluding hydrogens is 248 g/mol. The van der Waals surface area contributed by atoms with Crippen LogP contribution in [0.15, 0.2) is 36.7 Å². The third-order valence-electron chi connectivity index (χ3n) is 4.24. The quantitative estimate of drug-likeness (QED) is 0.835. The minimum Gasteiger partial charge on any atom is -0.303 e.